The summed E-state index contributed by atoms with van der Waals surface area (Å²) in [7, 11) is 5.81. The molecule has 74 valence electrons. The Balaban J connectivity index is 2.25. The second-order valence-corrected chi connectivity index (χ2v) is 3.32. The van der Waals surface area contributed by atoms with Gasteiger partial charge < -0.3 is 4.81 Å². The van der Waals surface area contributed by atoms with Crippen molar-refractivity contribution >= 4 is 13.8 Å². The number of hydrogen-bond donors (Lipinski definition) is 0. The molecule has 14 heavy (non-hydrogen) atoms. The minimum absolute atomic E-state index is 0.740. The molecule has 2 radical (unpaired) electrons. The molecular formula is C10H16BN3. The summed E-state index contributed by atoms with van der Waals surface area (Å²) in [5.41, 5.74) is 0. The molecule has 0 aliphatic rings. The van der Waals surface area contributed by atoms with E-state index in [2.05, 4.69) is 16.9 Å². The van der Waals surface area contributed by atoms with Gasteiger partial charge in [0, 0.05) is 18.9 Å². The first-order valence-electron chi connectivity index (χ1n) is 5.13. The number of unbranched alkanes of at least 4 members (excludes halogenated alkanes) is 3. The Labute approximate surface area is 87.0 Å². The highest BCUT2D eigenvalue weighted by Crippen LogP contribution is 2.06. The maximum Gasteiger partial charge on any atom is 0.228 e. The molecule has 1 aromatic heterocycles. The number of rotatable bonds is 6. The number of aromatic nitrogens is 2. The Morgan fingerprint density at radius 2 is 2.14 bits per heavy atom. The van der Waals surface area contributed by atoms with Gasteiger partial charge in [0.25, 0.3) is 0 Å². The quantitative estimate of drug-likeness (QED) is 0.505. The van der Waals surface area contributed by atoms with Crippen LogP contribution in [-0.2, 0) is 0 Å². The van der Waals surface area contributed by atoms with Crippen molar-refractivity contribution in [1.82, 2.24) is 9.97 Å². The molecule has 0 saturated heterocycles. The lowest BCUT2D eigenvalue weighted by atomic mass is 10.1. The normalized spacial score (nSPS) is 10.1. The monoisotopic (exact) mass is 189 g/mol. The minimum atomic E-state index is 0.740. The largest absolute Gasteiger partial charge is 0.409 e. The zero-order chi connectivity index (χ0) is 10.2. The summed E-state index contributed by atoms with van der Waals surface area (Å²) in [6.07, 6.45) is 9.84. The Morgan fingerprint density at radius 1 is 1.29 bits per heavy atom. The van der Waals surface area contributed by atoms with Crippen LogP contribution in [0.2, 0.25) is 0 Å². The molecule has 0 amide bonds. The Hall–Kier alpha value is -1.06. The fraction of sp³-hybridized carbons (Fsp3) is 0.600. The van der Waals surface area contributed by atoms with E-state index >= 15 is 0 Å². The van der Waals surface area contributed by atoms with Crippen LogP contribution in [0.15, 0.2) is 18.6 Å². The average molecular weight is 189 g/mol. The van der Waals surface area contributed by atoms with Crippen LogP contribution in [0.25, 0.3) is 0 Å². The summed E-state index contributed by atoms with van der Waals surface area (Å²) in [6, 6.07) is 0. The second kappa shape index (κ2) is 6.41. The SMILES string of the molecule is [B]N(CCCCCC)c1cnccn1. The van der Waals surface area contributed by atoms with Crippen LogP contribution < -0.4 is 4.81 Å². The number of nitrogens with zero attached hydrogens (tertiary/aromatic N) is 3. The molecule has 0 bridgehead atoms. The zero-order valence-corrected chi connectivity index (χ0v) is 8.69. The molecule has 4 heteroatoms. The van der Waals surface area contributed by atoms with Gasteiger partial charge in [-0.25, -0.2) is 4.98 Å². The molecule has 0 aliphatic carbocycles. The Morgan fingerprint density at radius 3 is 2.79 bits per heavy atom. The van der Waals surface area contributed by atoms with Gasteiger partial charge in [0.15, 0.2) is 0 Å². The van der Waals surface area contributed by atoms with Crippen molar-refractivity contribution in [3.63, 3.8) is 0 Å². The third-order valence-corrected chi connectivity index (χ3v) is 2.10. The van der Waals surface area contributed by atoms with Crippen molar-refractivity contribution < 1.29 is 0 Å². The van der Waals surface area contributed by atoms with Gasteiger partial charge in [0.1, 0.15) is 5.82 Å². The third kappa shape index (κ3) is 3.77. The molecule has 0 N–H and O–H groups in total. The third-order valence-electron chi connectivity index (χ3n) is 2.10. The van der Waals surface area contributed by atoms with Crippen molar-refractivity contribution in [3.05, 3.63) is 18.6 Å². The predicted octanol–water partition coefficient (Wildman–Crippen LogP) is 1.95. The van der Waals surface area contributed by atoms with Gasteiger partial charge in [-0.05, 0) is 6.42 Å². The first kappa shape index (κ1) is 11.0. The molecule has 0 unspecified atom stereocenters. The molecule has 3 nitrogen and oxygen atoms in total. The van der Waals surface area contributed by atoms with E-state index in [0.29, 0.717) is 0 Å². The van der Waals surface area contributed by atoms with E-state index in [1.807, 2.05) is 0 Å². The molecular weight excluding hydrogens is 173 g/mol. The van der Waals surface area contributed by atoms with Gasteiger partial charge in [0.2, 0.25) is 7.98 Å². The van der Waals surface area contributed by atoms with Crippen LogP contribution >= 0.6 is 0 Å². The summed E-state index contributed by atoms with van der Waals surface area (Å²) < 4.78 is 0. The van der Waals surface area contributed by atoms with Crippen LogP contribution in [-0.4, -0.2) is 24.5 Å². The van der Waals surface area contributed by atoms with Gasteiger partial charge in [-0.2, -0.15) is 0 Å². The lowest BCUT2D eigenvalue weighted by molar-refractivity contribution is 0.673. The fourth-order valence-electron chi connectivity index (χ4n) is 1.26. The first-order valence-corrected chi connectivity index (χ1v) is 5.13. The topological polar surface area (TPSA) is 29.0 Å². The molecule has 0 atom stereocenters. The van der Waals surface area contributed by atoms with Gasteiger partial charge in [0.05, 0.1) is 6.20 Å². The highest BCUT2D eigenvalue weighted by molar-refractivity contribution is 6.17. The van der Waals surface area contributed by atoms with Crippen molar-refractivity contribution in [1.29, 1.82) is 0 Å². The summed E-state index contributed by atoms with van der Waals surface area (Å²) in [5.74, 6) is 0.740. The van der Waals surface area contributed by atoms with Gasteiger partial charge in [-0.3, -0.25) is 4.98 Å². The Bertz CT molecular complexity index is 240. The number of hydrogen-bond acceptors (Lipinski definition) is 3. The van der Waals surface area contributed by atoms with Crippen LogP contribution in [0.3, 0.4) is 0 Å². The van der Waals surface area contributed by atoms with Crippen LogP contribution in [0.4, 0.5) is 5.82 Å². The molecule has 1 heterocycles. The van der Waals surface area contributed by atoms with Gasteiger partial charge >= 0.3 is 0 Å². The van der Waals surface area contributed by atoms with Crippen molar-refractivity contribution in [2.45, 2.75) is 32.6 Å². The van der Waals surface area contributed by atoms with Crippen molar-refractivity contribution in [2.24, 2.45) is 0 Å². The van der Waals surface area contributed by atoms with Gasteiger partial charge in [-0.15, -0.1) is 0 Å². The van der Waals surface area contributed by atoms with E-state index in [1.165, 1.54) is 19.3 Å². The zero-order valence-electron chi connectivity index (χ0n) is 8.69. The van der Waals surface area contributed by atoms with E-state index in [1.54, 1.807) is 23.4 Å². The van der Waals surface area contributed by atoms with E-state index in [-0.39, 0.29) is 0 Å². The van der Waals surface area contributed by atoms with E-state index in [0.717, 1.165) is 18.8 Å². The molecule has 0 saturated carbocycles. The summed E-state index contributed by atoms with van der Waals surface area (Å²) in [4.78, 5) is 9.74. The Kier molecular flexibility index (Phi) is 5.04. The molecule has 0 aromatic carbocycles. The minimum Gasteiger partial charge on any atom is -0.409 e. The van der Waals surface area contributed by atoms with Crippen molar-refractivity contribution in [3.8, 4) is 0 Å². The molecule has 1 aromatic rings. The first-order chi connectivity index (χ1) is 6.84. The van der Waals surface area contributed by atoms with Crippen LogP contribution in [0, 0.1) is 0 Å². The standard InChI is InChI=1S/C10H16BN3/c1-2-3-4-5-8-14(11)10-9-12-6-7-13-10/h6-7,9H,2-5,8H2,1H3. The lowest BCUT2D eigenvalue weighted by Crippen LogP contribution is -2.21. The fourth-order valence-corrected chi connectivity index (χ4v) is 1.26. The summed E-state index contributed by atoms with van der Waals surface area (Å²) in [6.45, 7) is 3.04. The predicted molar refractivity (Wildman–Crippen MR) is 59.3 cm³/mol. The second-order valence-electron chi connectivity index (χ2n) is 3.32. The maximum atomic E-state index is 5.81. The summed E-state index contributed by atoms with van der Waals surface area (Å²) >= 11 is 0. The number of anilines is 1. The van der Waals surface area contributed by atoms with Crippen LogP contribution in [0.1, 0.15) is 32.6 Å². The molecule has 0 aliphatic heterocycles. The highest BCUT2D eigenvalue weighted by Gasteiger charge is 1.99. The van der Waals surface area contributed by atoms with Crippen molar-refractivity contribution in [2.75, 3.05) is 11.4 Å². The van der Waals surface area contributed by atoms with Crippen LogP contribution in [0.5, 0.6) is 0 Å². The maximum absolute atomic E-state index is 5.81. The summed E-state index contributed by atoms with van der Waals surface area (Å²) in [5, 5.41) is 0. The molecule has 0 fully saturated rings. The van der Waals surface area contributed by atoms with E-state index < -0.39 is 0 Å². The van der Waals surface area contributed by atoms with E-state index in [9.17, 15) is 0 Å². The highest BCUT2D eigenvalue weighted by atomic mass is 15.1. The lowest BCUT2D eigenvalue weighted by Gasteiger charge is -2.17. The van der Waals surface area contributed by atoms with Gasteiger partial charge in [-0.1, -0.05) is 26.2 Å². The molecule has 0 spiro atoms. The average Bonchev–Trinajstić information content (AvgIpc) is 2.25. The smallest absolute Gasteiger partial charge is 0.228 e. The molecule has 1 rings (SSSR count). The van der Waals surface area contributed by atoms with E-state index in [4.69, 9.17) is 7.98 Å².